The SMILES string of the molecule is CC(=O)N[C@@H](CC(=O)O[C@H](C(=O)Nc1ccc([N+](=O)[O-])cc1Cl)c1ccccc1)c1ccccc1. The molecule has 0 aliphatic carbocycles. The number of hydrogen-bond acceptors (Lipinski definition) is 6. The lowest BCUT2D eigenvalue weighted by atomic mass is 10.0. The van der Waals surface area contributed by atoms with E-state index in [2.05, 4.69) is 10.6 Å². The van der Waals surface area contributed by atoms with E-state index in [1.807, 2.05) is 6.07 Å². The zero-order chi connectivity index (χ0) is 25.4. The predicted molar refractivity (Wildman–Crippen MR) is 130 cm³/mol. The highest BCUT2D eigenvalue weighted by Gasteiger charge is 2.28. The number of hydrogen-bond donors (Lipinski definition) is 2. The molecule has 3 rings (SSSR count). The van der Waals surface area contributed by atoms with Gasteiger partial charge in [0.05, 0.1) is 28.1 Å². The molecule has 35 heavy (non-hydrogen) atoms. The molecule has 9 nitrogen and oxygen atoms in total. The van der Waals surface area contributed by atoms with Gasteiger partial charge in [-0.2, -0.15) is 0 Å². The molecule has 3 aromatic carbocycles. The van der Waals surface area contributed by atoms with Crippen molar-refractivity contribution in [1.29, 1.82) is 0 Å². The second-order valence-corrected chi connectivity index (χ2v) is 7.97. The molecular weight excluding hydrogens is 474 g/mol. The summed E-state index contributed by atoms with van der Waals surface area (Å²) in [6.07, 6.45) is -1.54. The molecule has 0 radical (unpaired) electrons. The van der Waals surface area contributed by atoms with Gasteiger partial charge in [-0.25, -0.2) is 0 Å². The first-order valence-corrected chi connectivity index (χ1v) is 10.9. The maximum atomic E-state index is 13.1. The maximum Gasteiger partial charge on any atom is 0.309 e. The number of halogens is 1. The average Bonchev–Trinajstić information content (AvgIpc) is 2.84. The molecule has 180 valence electrons. The number of esters is 1. The van der Waals surface area contributed by atoms with Gasteiger partial charge in [0.15, 0.2) is 0 Å². The van der Waals surface area contributed by atoms with Gasteiger partial charge in [0, 0.05) is 24.6 Å². The third-order valence-corrected chi connectivity index (χ3v) is 5.27. The number of nitro groups is 1. The number of carbonyl (C=O) groups is 3. The van der Waals surface area contributed by atoms with Crippen LogP contribution in [0.4, 0.5) is 11.4 Å². The molecule has 0 aromatic heterocycles. The molecule has 0 spiro atoms. The summed E-state index contributed by atoms with van der Waals surface area (Å²) >= 11 is 6.09. The summed E-state index contributed by atoms with van der Waals surface area (Å²) in [7, 11) is 0. The molecule has 0 aliphatic heterocycles. The molecule has 0 bridgehead atoms. The van der Waals surface area contributed by atoms with Crippen LogP contribution in [-0.2, 0) is 19.1 Å². The molecule has 0 saturated carbocycles. The van der Waals surface area contributed by atoms with Gasteiger partial charge in [0.25, 0.3) is 11.6 Å². The fourth-order valence-corrected chi connectivity index (χ4v) is 3.57. The third-order valence-electron chi connectivity index (χ3n) is 4.96. The Kier molecular flexibility index (Phi) is 8.53. The quantitative estimate of drug-likeness (QED) is 0.251. The van der Waals surface area contributed by atoms with Crippen LogP contribution in [0.15, 0.2) is 78.9 Å². The Morgan fingerprint density at radius 3 is 2.11 bits per heavy atom. The number of amides is 2. The zero-order valence-electron chi connectivity index (χ0n) is 18.6. The average molecular weight is 496 g/mol. The van der Waals surface area contributed by atoms with Gasteiger partial charge in [-0.15, -0.1) is 0 Å². The van der Waals surface area contributed by atoms with Crippen molar-refractivity contribution in [3.05, 3.63) is 105 Å². The van der Waals surface area contributed by atoms with Gasteiger partial charge in [-0.05, 0) is 11.6 Å². The van der Waals surface area contributed by atoms with Crippen LogP contribution in [0.3, 0.4) is 0 Å². The Morgan fingerprint density at radius 2 is 1.57 bits per heavy atom. The van der Waals surface area contributed by atoms with Gasteiger partial charge >= 0.3 is 5.97 Å². The number of anilines is 1. The van der Waals surface area contributed by atoms with Gasteiger partial charge < -0.3 is 15.4 Å². The van der Waals surface area contributed by atoms with E-state index in [4.69, 9.17) is 16.3 Å². The molecular formula is C25H22ClN3O6. The maximum absolute atomic E-state index is 13.1. The lowest BCUT2D eigenvalue weighted by Crippen LogP contribution is -2.31. The smallest absolute Gasteiger partial charge is 0.309 e. The molecule has 0 fully saturated rings. The molecule has 0 heterocycles. The summed E-state index contributed by atoms with van der Waals surface area (Å²) in [6.45, 7) is 1.34. The lowest BCUT2D eigenvalue weighted by Gasteiger charge is -2.21. The van der Waals surface area contributed by atoms with Crippen molar-refractivity contribution in [1.82, 2.24) is 5.32 Å². The third kappa shape index (κ3) is 7.12. The molecule has 3 aromatic rings. The Morgan fingerprint density at radius 1 is 0.971 bits per heavy atom. The molecule has 0 aliphatic rings. The van der Waals surface area contributed by atoms with Crippen molar-refractivity contribution in [2.75, 3.05) is 5.32 Å². The van der Waals surface area contributed by atoms with Crippen LogP contribution >= 0.6 is 11.6 Å². The summed E-state index contributed by atoms with van der Waals surface area (Å²) < 4.78 is 5.55. The largest absolute Gasteiger partial charge is 0.447 e. The Labute approximate surface area is 206 Å². The number of benzene rings is 3. The highest BCUT2D eigenvalue weighted by Crippen LogP contribution is 2.29. The number of ether oxygens (including phenoxy) is 1. The van der Waals surface area contributed by atoms with Crippen molar-refractivity contribution in [2.24, 2.45) is 0 Å². The number of non-ortho nitro benzene ring substituents is 1. The van der Waals surface area contributed by atoms with Gasteiger partial charge in [-0.3, -0.25) is 24.5 Å². The van der Waals surface area contributed by atoms with Crippen molar-refractivity contribution in [3.8, 4) is 0 Å². The first-order chi connectivity index (χ1) is 16.7. The van der Waals surface area contributed by atoms with E-state index >= 15 is 0 Å². The molecule has 0 unspecified atom stereocenters. The van der Waals surface area contributed by atoms with E-state index in [0.29, 0.717) is 11.1 Å². The van der Waals surface area contributed by atoms with Gasteiger partial charge in [0.2, 0.25) is 12.0 Å². The van der Waals surface area contributed by atoms with Crippen LogP contribution in [-0.4, -0.2) is 22.7 Å². The summed E-state index contributed by atoms with van der Waals surface area (Å²) in [5.41, 5.74) is 1.01. The predicted octanol–water partition coefficient (Wildman–Crippen LogP) is 4.74. The summed E-state index contributed by atoms with van der Waals surface area (Å²) in [5, 5.41) is 16.2. The number of nitrogens with zero attached hydrogens (tertiary/aromatic N) is 1. The van der Waals surface area contributed by atoms with Crippen LogP contribution in [0.25, 0.3) is 0 Å². The van der Waals surface area contributed by atoms with E-state index < -0.39 is 28.9 Å². The summed E-state index contributed by atoms with van der Waals surface area (Å²) in [6, 6.07) is 20.2. The van der Waals surface area contributed by atoms with E-state index in [-0.39, 0.29) is 28.7 Å². The molecule has 10 heteroatoms. The Balaban J connectivity index is 1.81. The van der Waals surface area contributed by atoms with Gasteiger partial charge in [0.1, 0.15) is 0 Å². The number of rotatable bonds is 9. The molecule has 2 N–H and O–H groups in total. The highest BCUT2D eigenvalue weighted by atomic mass is 35.5. The minimum atomic E-state index is -1.33. The fourth-order valence-electron chi connectivity index (χ4n) is 3.35. The van der Waals surface area contributed by atoms with E-state index in [0.717, 1.165) is 6.07 Å². The fraction of sp³-hybridized carbons (Fsp3) is 0.160. The Bertz CT molecular complexity index is 1220. The van der Waals surface area contributed by atoms with Crippen LogP contribution in [0.1, 0.15) is 36.6 Å². The highest BCUT2D eigenvalue weighted by molar-refractivity contribution is 6.34. The van der Waals surface area contributed by atoms with Crippen molar-refractivity contribution < 1.29 is 24.0 Å². The van der Waals surface area contributed by atoms with Crippen LogP contribution < -0.4 is 10.6 Å². The molecule has 2 atom stereocenters. The standard InChI is InChI=1S/C25H22ClN3O6/c1-16(30)27-22(17-8-4-2-5-9-17)15-23(31)35-24(18-10-6-3-7-11-18)25(32)28-21-13-12-19(29(33)34)14-20(21)26/h2-14,22,24H,15H2,1H3,(H,27,30)(H,28,32)/t22-,24-/m0/s1. The number of nitro benzene ring substituents is 1. The van der Waals surface area contributed by atoms with Crippen LogP contribution in [0.5, 0.6) is 0 Å². The van der Waals surface area contributed by atoms with Gasteiger partial charge in [-0.1, -0.05) is 72.3 Å². The second kappa shape index (κ2) is 11.8. The molecule has 0 saturated heterocycles. The Hall–Kier alpha value is -4.24. The first-order valence-electron chi connectivity index (χ1n) is 10.6. The van der Waals surface area contributed by atoms with E-state index in [1.54, 1.807) is 54.6 Å². The number of nitrogens with one attached hydrogen (secondary N) is 2. The minimum absolute atomic E-state index is 0.0412. The molecule has 2 amide bonds. The van der Waals surface area contributed by atoms with E-state index in [9.17, 15) is 24.5 Å². The number of carbonyl (C=O) groups excluding carboxylic acids is 3. The van der Waals surface area contributed by atoms with Crippen LogP contribution in [0, 0.1) is 10.1 Å². The minimum Gasteiger partial charge on any atom is -0.447 e. The monoisotopic (exact) mass is 495 g/mol. The normalized spacial score (nSPS) is 12.2. The van der Waals surface area contributed by atoms with Crippen molar-refractivity contribution >= 4 is 40.8 Å². The second-order valence-electron chi connectivity index (χ2n) is 7.56. The summed E-state index contributed by atoms with van der Waals surface area (Å²) in [4.78, 5) is 48.0. The van der Waals surface area contributed by atoms with E-state index in [1.165, 1.54) is 19.1 Å². The summed E-state index contributed by atoms with van der Waals surface area (Å²) in [5.74, 6) is -1.74. The zero-order valence-corrected chi connectivity index (χ0v) is 19.4. The first kappa shape index (κ1) is 25.4. The van der Waals surface area contributed by atoms with Crippen LogP contribution in [0.2, 0.25) is 5.02 Å². The van der Waals surface area contributed by atoms with Crippen molar-refractivity contribution in [2.45, 2.75) is 25.5 Å². The lowest BCUT2D eigenvalue weighted by molar-refractivity contribution is -0.384. The van der Waals surface area contributed by atoms with Crippen molar-refractivity contribution in [3.63, 3.8) is 0 Å². The topological polar surface area (TPSA) is 128 Å².